The summed E-state index contributed by atoms with van der Waals surface area (Å²) in [5.41, 5.74) is 2.85. The number of amides is 1. The number of hydrogen-bond donors (Lipinski definition) is 0. The summed E-state index contributed by atoms with van der Waals surface area (Å²) < 4.78 is 6.81. The normalized spacial score (nSPS) is 16.2. The Kier molecular flexibility index (Phi) is 5.16. The second kappa shape index (κ2) is 7.51. The van der Waals surface area contributed by atoms with E-state index in [9.17, 15) is 9.59 Å². The highest BCUT2D eigenvalue weighted by molar-refractivity contribution is 5.90. The van der Waals surface area contributed by atoms with E-state index in [1.807, 2.05) is 19.1 Å². The van der Waals surface area contributed by atoms with Crippen molar-refractivity contribution < 1.29 is 14.3 Å². The summed E-state index contributed by atoms with van der Waals surface area (Å²) in [6.45, 7) is 2.35. The number of ether oxygens (including phenoxy) is 1. The molecule has 1 atom stereocenters. The topological polar surface area (TPSA) is 64.4 Å². The summed E-state index contributed by atoms with van der Waals surface area (Å²) in [5.74, 6) is -0.719. The van der Waals surface area contributed by atoms with Gasteiger partial charge in [0.15, 0.2) is 6.61 Å². The summed E-state index contributed by atoms with van der Waals surface area (Å²) in [7, 11) is 1.78. The number of esters is 1. The van der Waals surface area contributed by atoms with E-state index in [2.05, 4.69) is 17.2 Å². The van der Waals surface area contributed by atoms with Crippen molar-refractivity contribution >= 4 is 11.9 Å². The Morgan fingerprint density at radius 3 is 2.92 bits per heavy atom. The molecule has 0 saturated carbocycles. The molecule has 1 aliphatic rings. The standard InChI is InChI=1S/C19H23N3O3/c1-3-22-12-15(11-20-22)19(24)25-13-18(23)21(2)17-10-6-8-14-7-4-5-9-16(14)17/h4-5,7,9,11-12,17H,3,6,8,10,13H2,1-2H3. The average molecular weight is 341 g/mol. The SMILES string of the molecule is CCn1cc(C(=O)OCC(=O)N(C)C2CCCc3ccccc32)cn1. The van der Waals surface area contributed by atoms with Crippen molar-refractivity contribution in [3.63, 3.8) is 0 Å². The van der Waals surface area contributed by atoms with Crippen LogP contribution in [-0.4, -0.2) is 40.2 Å². The van der Waals surface area contributed by atoms with Crippen LogP contribution in [0.4, 0.5) is 0 Å². The van der Waals surface area contributed by atoms with Crippen molar-refractivity contribution in [3.05, 3.63) is 53.3 Å². The number of aryl methyl sites for hydroxylation is 2. The van der Waals surface area contributed by atoms with Gasteiger partial charge in [0.05, 0.1) is 17.8 Å². The first kappa shape index (κ1) is 17.2. The second-order valence-electron chi connectivity index (χ2n) is 6.27. The van der Waals surface area contributed by atoms with Gasteiger partial charge in [-0.3, -0.25) is 9.48 Å². The summed E-state index contributed by atoms with van der Waals surface area (Å²) in [6.07, 6.45) is 6.10. The molecule has 1 aromatic carbocycles. The second-order valence-corrected chi connectivity index (χ2v) is 6.27. The molecule has 1 amide bonds. The van der Waals surface area contributed by atoms with Crippen molar-refractivity contribution in [2.75, 3.05) is 13.7 Å². The predicted molar refractivity (Wildman–Crippen MR) is 93.1 cm³/mol. The summed E-state index contributed by atoms with van der Waals surface area (Å²) in [6, 6.07) is 8.26. The van der Waals surface area contributed by atoms with Crippen LogP contribution in [0, 0.1) is 0 Å². The summed E-state index contributed by atoms with van der Waals surface area (Å²) >= 11 is 0. The fourth-order valence-electron chi connectivity index (χ4n) is 3.26. The molecule has 1 aliphatic carbocycles. The van der Waals surface area contributed by atoms with Crippen LogP contribution in [0.5, 0.6) is 0 Å². The Bertz CT molecular complexity index is 769. The van der Waals surface area contributed by atoms with Crippen LogP contribution < -0.4 is 0 Å². The van der Waals surface area contributed by atoms with Gasteiger partial charge in [0.1, 0.15) is 0 Å². The molecule has 0 aliphatic heterocycles. The van der Waals surface area contributed by atoms with Crippen LogP contribution >= 0.6 is 0 Å². The highest BCUT2D eigenvalue weighted by Gasteiger charge is 2.27. The number of aromatic nitrogens is 2. The fraction of sp³-hybridized carbons (Fsp3) is 0.421. The Balaban J connectivity index is 1.61. The Morgan fingerprint density at radius 2 is 2.16 bits per heavy atom. The van der Waals surface area contributed by atoms with Gasteiger partial charge in [-0.15, -0.1) is 0 Å². The number of fused-ring (bicyclic) bond motifs is 1. The third-order valence-electron chi connectivity index (χ3n) is 4.72. The molecule has 25 heavy (non-hydrogen) atoms. The largest absolute Gasteiger partial charge is 0.452 e. The molecule has 0 radical (unpaired) electrons. The zero-order valence-electron chi connectivity index (χ0n) is 14.6. The average Bonchev–Trinajstić information content (AvgIpc) is 3.14. The number of carbonyl (C=O) groups is 2. The molecule has 6 heteroatoms. The van der Waals surface area contributed by atoms with Gasteiger partial charge in [0, 0.05) is 19.8 Å². The van der Waals surface area contributed by atoms with Gasteiger partial charge in [0.25, 0.3) is 5.91 Å². The van der Waals surface area contributed by atoms with Gasteiger partial charge in [-0.25, -0.2) is 4.79 Å². The van der Waals surface area contributed by atoms with Crippen LogP contribution in [0.15, 0.2) is 36.7 Å². The lowest BCUT2D eigenvalue weighted by atomic mass is 9.87. The number of carbonyl (C=O) groups excluding carboxylic acids is 2. The molecule has 132 valence electrons. The highest BCUT2D eigenvalue weighted by atomic mass is 16.5. The number of likely N-dealkylation sites (N-methyl/N-ethyl adjacent to an activating group) is 1. The van der Waals surface area contributed by atoms with Crippen LogP contribution in [0.3, 0.4) is 0 Å². The molecule has 1 unspecified atom stereocenters. The van der Waals surface area contributed by atoms with Gasteiger partial charge < -0.3 is 9.64 Å². The molecule has 2 aromatic rings. The van der Waals surface area contributed by atoms with Crippen molar-refractivity contribution in [2.45, 2.75) is 38.8 Å². The quantitative estimate of drug-likeness (QED) is 0.784. The number of benzene rings is 1. The van der Waals surface area contributed by atoms with Crippen molar-refractivity contribution in [3.8, 4) is 0 Å². The Morgan fingerprint density at radius 1 is 1.36 bits per heavy atom. The van der Waals surface area contributed by atoms with E-state index >= 15 is 0 Å². The Labute approximate surface area is 147 Å². The molecule has 0 bridgehead atoms. The maximum atomic E-state index is 12.5. The van der Waals surface area contributed by atoms with Crippen molar-refractivity contribution in [2.24, 2.45) is 0 Å². The van der Waals surface area contributed by atoms with Crippen LogP contribution in [0.2, 0.25) is 0 Å². The minimum absolute atomic E-state index is 0.0407. The van der Waals surface area contributed by atoms with Gasteiger partial charge in [0.2, 0.25) is 0 Å². The van der Waals surface area contributed by atoms with Crippen LogP contribution in [0.1, 0.15) is 47.3 Å². The molecule has 0 fully saturated rings. The first-order valence-electron chi connectivity index (χ1n) is 8.63. The molecule has 0 spiro atoms. The van der Waals surface area contributed by atoms with Gasteiger partial charge in [-0.05, 0) is 37.3 Å². The smallest absolute Gasteiger partial charge is 0.341 e. The lowest BCUT2D eigenvalue weighted by Gasteiger charge is -2.33. The molecule has 0 saturated heterocycles. The van der Waals surface area contributed by atoms with Crippen LogP contribution in [0.25, 0.3) is 0 Å². The molecule has 3 rings (SSSR count). The van der Waals surface area contributed by atoms with E-state index in [1.165, 1.54) is 17.3 Å². The van der Waals surface area contributed by atoms with Crippen molar-refractivity contribution in [1.82, 2.24) is 14.7 Å². The zero-order chi connectivity index (χ0) is 17.8. The zero-order valence-corrected chi connectivity index (χ0v) is 14.6. The first-order valence-corrected chi connectivity index (χ1v) is 8.63. The minimum atomic E-state index is -0.523. The molecular formula is C19H23N3O3. The minimum Gasteiger partial charge on any atom is -0.452 e. The van der Waals surface area contributed by atoms with E-state index in [-0.39, 0.29) is 18.6 Å². The molecule has 1 heterocycles. The monoisotopic (exact) mass is 341 g/mol. The number of rotatable bonds is 5. The van der Waals surface area contributed by atoms with E-state index in [0.717, 1.165) is 19.3 Å². The van der Waals surface area contributed by atoms with E-state index < -0.39 is 5.97 Å². The summed E-state index contributed by atoms with van der Waals surface area (Å²) in [5, 5.41) is 4.04. The van der Waals surface area contributed by atoms with Gasteiger partial charge in [-0.2, -0.15) is 5.10 Å². The lowest BCUT2D eigenvalue weighted by Crippen LogP contribution is -2.36. The highest BCUT2D eigenvalue weighted by Crippen LogP contribution is 2.33. The molecule has 0 N–H and O–H groups in total. The lowest BCUT2D eigenvalue weighted by molar-refractivity contribution is -0.135. The van der Waals surface area contributed by atoms with Gasteiger partial charge >= 0.3 is 5.97 Å². The molecule has 1 aromatic heterocycles. The number of hydrogen-bond acceptors (Lipinski definition) is 4. The van der Waals surface area contributed by atoms with E-state index in [1.54, 1.807) is 22.8 Å². The molecule has 6 nitrogen and oxygen atoms in total. The predicted octanol–water partition coefficient (Wildman–Crippen LogP) is 2.60. The van der Waals surface area contributed by atoms with E-state index in [0.29, 0.717) is 12.1 Å². The van der Waals surface area contributed by atoms with Gasteiger partial charge in [-0.1, -0.05) is 24.3 Å². The third kappa shape index (κ3) is 3.73. The van der Waals surface area contributed by atoms with Crippen molar-refractivity contribution in [1.29, 1.82) is 0 Å². The maximum Gasteiger partial charge on any atom is 0.341 e. The maximum absolute atomic E-state index is 12.5. The fourth-order valence-corrected chi connectivity index (χ4v) is 3.26. The first-order chi connectivity index (χ1) is 12.1. The Hall–Kier alpha value is -2.63. The molecular weight excluding hydrogens is 318 g/mol. The van der Waals surface area contributed by atoms with E-state index in [4.69, 9.17) is 4.74 Å². The van der Waals surface area contributed by atoms with Crippen LogP contribution in [-0.2, 0) is 22.5 Å². The third-order valence-corrected chi connectivity index (χ3v) is 4.72. The summed E-state index contributed by atoms with van der Waals surface area (Å²) in [4.78, 5) is 26.2. The number of nitrogens with zero attached hydrogens (tertiary/aromatic N) is 3.